The van der Waals surface area contributed by atoms with Gasteiger partial charge in [0.1, 0.15) is 6.61 Å². The Balaban J connectivity index is 3.12. The van der Waals surface area contributed by atoms with Gasteiger partial charge < -0.3 is 4.74 Å². The van der Waals surface area contributed by atoms with E-state index in [4.69, 9.17) is 11.6 Å². The summed E-state index contributed by atoms with van der Waals surface area (Å²) in [6.45, 7) is 0.756. The summed E-state index contributed by atoms with van der Waals surface area (Å²) in [7, 11) is 0. The maximum absolute atomic E-state index is 11.5. The predicted molar refractivity (Wildman–Crippen MR) is 41.4 cm³/mol. The lowest BCUT2D eigenvalue weighted by Gasteiger charge is -2.07. The lowest BCUT2D eigenvalue weighted by Crippen LogP contribution is -2.17. The van der Waals surface area contributed by atoms with Crippen LogP contribution in [0.15, 0.2) is 0 Å². The van der Waals surface area contributed by atoms with Gasteiger partial charge >= 0.3 is 6.18 Å². The SMILES string of the molecule is CC(Cl)CCCOCC(F)(F)F. The third kappa shape index (κ3) is 10.0. The second-order valence-corrected chi connectivity index (χ2v) is 3.34. The molecular weight excluding hydrogens is 193 g/mol. The Bertz CT molecular complexity index is 114. The molecule has 0 saturated heterocycles. The quantitative estimate of drug-likeness (QED) is 0.494. The Morgan fingerprint density at radius 1 is 1.42 bits per heavy atom. The largest absolute Gasteiger partial charge is 0.411 e. The van der Waals surface area contributed by atoms with E-state index < -0.39 is 12.8 Å². The van der Waals surface area contributed by atoms with Gasteiger partial charge in [-0.2, -0.15) is 13.2 Å². The van der Waals surface area contributed by atoms with Crippen LogP contribution in [-0.4, -0.2) is 24.8 Å². The standard InChI is InChI=1S/C7H12ClF3O/c1-6(8)3-2-4-12-5-7(9,10)11/h6H,2-5H2,1H3. The van der Waals surface area contributed by atoms with Gasteiger partial charge in [-0.15, -0.1) is 11.6 Å². The molecule has 5 heteroatoms. The normalized spacial score (nSPS) is 14.8. The lowest BCUT2D eigenvalue weighted by atomic mass is 10.3. The second kappa shape index (κ2) is 5.65. The molecule has 74 valence electrons. The molecule has 0 radical (unpaired) electrons. The van der Waals surface area contributed by atoms with Crippen molar-refractivity contribution < 1.29 is 17.9 Å². The van der Waals surface area contributed by atoms with Crippen molar-refractivity contribution in [1.82, 2.24) is 0 Å². The molecule has 0 fully saturated rings. The van der Waals surface area contributed by atoms with Crippen molar-refractivity contribution in [1.29, 1.82) is 0 Å². The molecule has 1 unspecified atom stereocenters. The number of halogens is 4. The monoisotopic (exact) mass is 204 g/mol. The number of hydrogen-bond donors (Lipinski definition) is 0. The molecule has 0 aliphatic heterocycles. The van der Waals surface area contributed by atoms with Crippen LogP contribution in [0.5, 0.6) is 0 Å². The van der Waals surface area contributed by atoms with Crippen LogP contribution in [0.2, 0.25) is 0 Å². The highest BCUT2D eigenvalue weighted by Gasteiger charge is 2.27. The van der Waals surface area contributed by atoms with E-state index in [1.165, 1.54) is 0 Å². The third-order valence-electron chi connectivity index (χ3n) is 1.16. The number of rotatable bonds is 5. The Labute approximate surface area is 74.8 Å². The summed E-state index contributed by atoms with van der Waals surface area (Å²) in [5, 5.41) is -0.000475. The van der Waals surface area contributed by atoms with Gasteiger partial charge in [0.2, 0.25) is 0 Å². The third-order valence-corrected chi connectivity index (χ3v) is 1.37. The minimum Gasteiger partial charge on any atom is -0.372 e. The van der Waals surface area contributed by atoms with Gasteiger partial charge in [0, 0.05) is 12.0 Å². The van der Waals surface area contributed by atoms with Gasteiger partial charge in [0.25, 0.3) is 0 Å². The fourth-order valence-corrected chi connectivity index (χ4v) is 0.809. The maximum Gasteiger partial charge on any atom is 0.411 e. The summed E-state index contributed by atoms with van der Waals surface area (Å²) < 4.78 is 38.8. The molecule has 0 aromatic heterocycles. The van der Waals surface area contributed by atoms with Crippen molar-refractivity contribution in [2.45, 2.75) is 31.3 Å². The Morgan fingerprint density at radius 3 is 2.42 bits per heavy atom. The van der Waals surface area contributed by atoms with E-state index in [1.807, 2.05) is 0 Å². The molecule has 0 saturated carbocycles. The Hall–Kier alpha value is 0.0400. The first-order valence-corrected chi connectivity index (χ1v) is 4.14. The minimum absolute atomic E-state index is 0.000475. The molecule has 0 aromatic carbocycles. The van der Waals surface area contributed by atoms with E-state index >= 15 is 0 Å². The van der Waals surface area contributed by atoms with Crippen LogP contribution in [0.4, 0.5) is 13.2 Å². The van der Waals surface area contributed by atoms with E-state index in [0.29, 0.717) is 12.8 Å². The van der Waals surface area contributed by atoms with E-state index in [9.17, 15) is 13.2 Å². The highest BCUT2D eigenvalue weighted by molar-refractivity contribution is 6.20. The molecular formula is C7H12ClF3O. The zero-order valence-corrected chi connectivity index (χ0v) is 7.58. The smallest absolute Gasteiger partial charge is 0.372 e. The van der Waals surface area contributed by atoms with Crippen molar-refractivity contribution in [2.24, 2.45) is 0 Å². The summed E-state index contributed by atoms with van der Waals surface area (Å²) in [5.74, 6) is 0. The Kier molecular flexibility index (Phi) is 5.66. The van der Waals surface area contributed by atoms with Gasteiger partial charge in [0.15, 0.2) is 0 Å². The van der Waals surface area contributed by atoms with Gasteiger partial charge in [-0.3, -0.25) is 0 Å². The number of hydrogen-bond acceptors (Lipinski definition) is 1. The molecule has 0 aromatic rings. The summed E-state index contributed by atoms with van der Waals surface area (Å²) in [6, 6.07) is 0. The van der Waals surface area contributed by atoms with Crippen LogP contribution in [0.3, 0.4) is 0 Å². The van der Waals surface area contributed by atoms with Crippen molar-refractivity contribution in [2.75, 3.05) is 13.2 Å². The first-order valence-electron chi connectivity index (χ1n) is 3.70. The maximum atomic E-state index is 11.5. The predicted octanol–water partition coefficient (Wildman–Crippen LogP) is 2.97. The topological polar surface area (TPSA) is 9.23 Å². The van der Waals surface area contributed by atoms with E-state index in [0.717, 1.165) is 0 Å². The summed E-state index contributed by atoms with van der Waals surface area (Å²) >= 11 is 5.57. The number of alkyl halides is 4. The summed E-state index contributed by atoms with van der Waals surface area (Å²) in [5.41, 5.74) is 0. The van der Waals surface area contributed by atoms with Gasteiger partial charge in [-0.1, -0.05) is 0 Å². The summed E-state index contributed by atoms with van der Waals surface area (Å²) in [6.07, 6.45) is -2.97. The fraction of sp³-hybridized carbons (Fsp3) is 1.00. The zero-order chi connectivity index (χ0) is 9.61. The van der Waals surface area contributed by atoms with Crippen molar-refractivity contribution >= 4 is 11.6 Å². The van der Waals surface area contributed by atoms with Crippen LogP contribution in [0, 0.1) is 0 Å². The minimum atomic E-state index is -4.22. The van der Waals surface area contributed by atoms with Crippen LogP contribution in [0.25, 0.3) is 0 Å². The first-order chi connectivity index (χ1) is 5.42. The van der Waals surface area contributed by atoms with Crippen LogP contribution in [0.1, 0.15) is 19.8 Å². The molecule has 0 heterocycles. The molecule has 0 spiro atoms. The van der Waals surface area contributed by atoms with Crippen LogP contribution in [-0.2, 0) is 4.74 Å². The van der Waals surface area contributed by atoms with Gasteiger partial charge in [-0.05, 0) is 19.8 Å². The highest BCUT2D eigenvalue weighted by Crippen LogP contribution is 2.14. The van der Waals surface area contributed by atoms with E-state index in [1.54, 1.807) is 6.92 Å². The van der Waals surface area contributed by atoms with Crippen LogP contribution >= 0.6 is 11.6 Å². The van der Waals surface area contributed by atoms with E-state index in [-0.39, 0.29) is 12.0 Å². The lowest BCUT2D eigenvalue weighted by molar-refractivity contribution is -0.174. The molecule has 1 nitrogen and oxygen atoms in total. The average molecular weight is 205 g/mol. The van der Waals surface area contributed by atoms with Gasteiger partial charge in [-0.25, -0.2) is 0 Å². The van der Waals surface area contributed by atoms with Crippen molar-refractivity contribution in [3.05, 3.63) is 0 Å². The Morgan fingerprint density at radius 2 is 2.00 bits per heavy atom. The molecule has 0 N–H and O–H groups in total. The molecule has 0 amide bonds. The van der Waals surface area contributed by atoms with Crippen molar-refractivity contribution in [3.63, 3.8) is 0 Å². The highest BCUT2D eigenvalue weighted by atomic mass is 35.5. The molecule has 0 aliphatic carbocycles. The zero-order valence-electron chi connectivity index (χ0n) is 6.83. The van der Waals surface area contributed by atoms with Crippen molar-refractivity contribution in [3.8, 4) is 0 Å². The van der Waals surface area contributed by atoms with E-state index in [2.05, 4.69) is 4.74 Å². The molecule has 0 bridgehead atoms. The average Bonchev–Trinajstić information content (AvgIpc) is 1.83. The van der Waals surface area contributed by atoms with Crippen LogP contribution < -0.4 is 0 Å². The molecule has 0 rings (SSSR count). The number of ether oxygens (including phenoxy) is 1. The first kappa shape index (κ1) is 12.0. The molecule has 0 aliphatic rings. The molecule has 12 heavy (non-hydrogen) atoms. The summed E-state index contributed by atoms with van der Waals surface area (Å²) in [4.78, 5) is 0. The van der Waals surface area contributed by atoms with Gasteiger partial charge in [0.05, 0.1) is 0 Å². The second-order valence-electron chi connectivity index (χ2n) is 2.59. The molecule has 1 atom stereocenters. The fourth-order valence-electron chi connectivity index (χ4n) is 0.655.